The number of benzene rings is 1. The van der Waals surface area contributed by atoms with Crippen LogP contribution in [0.25, 0.3) is 11.0 Å². The molecule has 1 aliphatic rings. The number of pyridine rings is 1. The van der Waals surface area contributed by atoms with Crippen LogP contribution in [0, 0.1) is 6.92 Å². The first-order valence-corrected chi connectivity index (χ1v) is 8.88. The highest BCUT2D eigenvalue weighted by Crippen LogP contribution is 2.30. The van der Waals surface area contributed by atoms with Gasteiger partial charge in [-0.25, -0.2) is 4.98 Å². The number of hydrogen-bond donors (Lipinski definition) is 3. The molecule has 2 aromatic heterocycles. The Morgan fingerprint density at radius 2 is 2.21 bits per heavy atom. The van der Waals surface area contributed by atoms with Crippen LogP contribution in [-0.2, 0) is 11.3 Å². The Balaban J connectivity index is 1.57. The number of carbonyl (C=O) groups excluding carboxylic acids is 1. The monoisotopic (exact) mass is 384 g/mol. The Labute approximate surface area is 160 Å². The smallest absolute Gasteiger partial charge is 0.255 e. The van der Waals surface area contributed by atoms with Crippen LogP contribution in [-0.4, -0.2) is 46.5 Å². The fourth-order valence-corrected chi connectivity index (χ4v) is 3.20. The molecule has 1 amide bonds. The highest BCUT2D eigenvalue weighted by Gasteiger charge is 2.29. The molecule has 1 saturated heterocycles. The van der Waals surface area contributed by atoms with E-state index in [4.69, 9.17) is 13.9 Å². The van der Waals surface area contributed by atoms with E-state index in [-0.39, 0.29) is 31.6 Å². The number of nitrogens with one attached hydrogen (secondary N) is 1. The Morgan fingerprint density at radius 3 is 2.96 bits per heavy atom. The predicted octanol–water partition coefficient (Wildman–Crippen LogP) is 1.91. The van der Waals surface area contributed by atoms with Crippen molar-refractivity contribution in [2.45, 2.75) is 25.7 Å². The third-order valence-electron chi connectivity index (χ3n) is 4.69. The van der Waals surface area contributed by atoms with Gasteiger partial charge in [-0.15, -0.1) is 0 Å². The van der Waals surface area contributed by atoms with E-state index in [0.717, 1.165) is 0 Å². The lowest BCUT2D eigenvalue weighted by molar-refractivity contribution is 0.0886. The molecule has 146 valence electrons. The van der Waals surface area contributed by atoms with Crippen LogP contribution in [0.1, 0.15) is 21.7 Å². The van der Waals surface area contributed by atoms with Crippen molar-refractivity contribution in [1.29, 1.82) is 0 Å². The number of aliphatic hydroxyl groups is 1. The highest BCUT2D eigenvalue weighted by molar-refractivity contribution is 6.07. The minimum absolute atomic E-state index is 0.0832. The van der Waals surface area contributed by atoms with Gasteiger partial charge in [-0.2, -0.15) is 0 Å². The lowest BCUT2D eigenvalue weighted by Gasteiger charge is -2.14. The van der Waals surface area contributed by atoms with E-state index >= 15 is 0 Å². The van der Waals surface area contributed by atoms with Crippen molar-refractivity contribution in [2.24, 2.45) is 0 Å². The molecule has 3 N–H and O–H groups in total. The normalized spacial score (nSPS) is 19.1. The summed E-state index contributed by atoms with van der Waals surface area (Å²) >= 11 is 0. The number of aryl methyl sites for hydroxylation is 1. The summed E-state index contributed by atoms with van der Waals surface area (Å²) in [5, 5.41) is 23.0. The molecule has 8 nitrogen and oxygen atoms in total. The topological polar surface area (TPSA) is 114 Å². The van der Waals surface area contributed by atoms with Gasteiger partial charge in [-0.05, 0) is 37.3 Å². The van der Waals surface area contributed by atoms with Crippen molar-refractivity contribution in [2.75, 3.05) is 13.2 Å². The Morgan fingerprint density at radius 1 is 1.36 bits per heavy atom. The summed E-state index contributed by atoms with van der Waals surface area (Å²) in [6.07, 6.45) is 0.768. The fourth-order valence-electron chi connectivity index (χ4n) is 3.20. The molecular weight excluding hydrogens is 364 g/mol. The van der Waals surface area contributed by atoms with E-state index < -0.39 is 12.1 Å². The van der Waals surface area contributed by atoms with Crippen LogP contribution in [0.4, 0.5) is 0 Å². The molecule has 1 aliphatic heterocycles. The van der Waals surface area contributed by atoms with Gasteiger partial charge in [0.05, 0.1) is 36.5 Å². The first-order valence-electron chi connectivity index (χ1n) is 8.88. The maximum absolute atomic E-state index is 12.8. The molecule has 3 aromatic rings. The SMILES string of the molecule is Cc1oc2ccc(OCc3cccnc3O)cc2c1C(=O)N[C@@H]1COC[C@@H]1O. The van der Waals surface area contributed by atoms with Crippen LogP contribution in [0.5, 0.6) is 11.6 Å². The summed E-state index contributed by atoms with van der Waals surface area (Å²) in [6, 6.07) is 8.15. The molecule has 3 heterocycles. The minimum Gasteiger partial charge on any atom is -0.493 e. The van der Waals surface area contributed by atoms with Gasteiger partial charge in [0.1, 0.15) is 23.7 Å². The molecule has 4 rings (SSSR count). The van der Waals surface area contributed by atoms with Gasteiger partial charge in [0.25, 0.3) is 5.91 Å². The van der Waals surface area contributed by atoms with Crippen LogP contribution >= 0.6 is 0 Å². The maximum atomic E-state index is 12.8. The molecule has 0 aliphatic carbocycles. The summed E-state index contributed by atoms with van der Waals surface area (Å²) < 4.78 is 16.6. The lowest BCUT2D eigenvalue weighted by atomic mass is 10.1. The van der Waals surface area contributed by atoms with Gasteiger partial charge in [0.2, 0.25) is 5.88 Å². The van der Waals surface area contributed by atoms with Crippen molar-refractivity contribution in [1.82, 2.24) is 10.3 Å². The number of aromatic nitrogens is 1. The van der Waals surface area contributed by atoms with Gasteiger partial charge in [-0.3, -0.25) is 4.79 Å². The third kappa shape index (κ3) is 3.51. The zero-order chi connectivity index (χ0) is 19.7. The molecule has 0 saturated carbocycles. The molecule has 0 unspecified atom stereocenters. The summed E-state index contributed by atoms with van der Waals surface area (Å²) in [4.78, 5) is 16.6. The summed E-state index contributed by atoms with van der Waals surface area (Å²) in [5.74, 6) is 0.575. The van der Waals surface area contributed by atoms with Gasteiger partial charge < -0.3 is 29.4 Å². The number of nitrogens with zero attached hydrogens (tertiary/aromatic N) is 1. The molecule has 1 fully saturated rings. The minimum atomic E-state index is -0.728. The standard InChI is InChI=1S/C20H20N2O6/c1-11-18(20(25)22-15-9-26-10-16(15)23)14-7-13(4-5-17(14)28-11)27-8-12-3-2-6-21-19(12)24/h2-7,15-16,23H,8-10H2,1H3,(H,21,24)(H,22,25)/t15-,16+/m1/s1. The van der Waals surface area contributed by atoms with Crippen molar-refractivity contribution in [3.8, 4) is 11.6 Å². The second-order valence-electron chi connectivity index (χ2n) is 6.65. The second kappa shape index (κ2) is 7.49. The number of hydrogen-bond acceptors (Lipinski definition) is 7. The van der Waals surface area contributed by atoms with Crippen LogP contribution in [0.15, 0.2) is 40.9 Å². The number of furan rings is 1. The van der Waals surface area contributed by atoms with E-state index in [1.54, 1.807) is 37.3 Å². The predicted molar refractivity (Wildman–Crippen MR) is 99.3 cm³/mol. The second-order valence-corrected chi connectivity index (χ2v) is 6.65. The molecular formula is C20H20N2O6. The van der Waals surface area contributed by atoms with E-state index in [9.17, 15) is 15.0 Å². The van der Waals surface area contributed by atoms with Crippen molar-refractivity contribution in [3.05, 3.63) is 53.4 Å². The number of fused-ring (bicyclic) bond motifs is 1. The van der Waals surface area contributed by atoms with Crippen molar-refractivity contribution < 1.29 is 28.9 Å². The van der Waals surface area contributed by atoms with Crippen LogP contribution in [0.2, 0.25) is 0 Å². The molecule has 0 spiro atoms. The highest BCUT2D eigenvalue weighted by atomic mass is 16.5. The summed E-state index contributed by atoms with van der Waals surface area (Å²) in [5.41, 5.74) is 1.50. The third-order valence-corrected chi connectivity index (χ3v) is 4.69. The van der Waals surface area contributed by atoms with E-state index in [1.807, 2.05) is 0 Å². The first kappa shape index (κ1) is 18.3. The molecule has 8 heteroatoms. The number of ether oxygens (including phenoxy) is 2. The molecule has 2 atom stereocenters. The van der Waals surface area contributed by atoms with Crippen LogP contribution < -0.4 is 10.1 Å². The zero-order valence-corrected chi connectivity index (χ0v) is 15.2. The maximum Gasteiger partial charge on any atom is 0.255 e. The average molecular weight is 384 g/mol. The summed E-state index contributed by atoms with van der Waals surface area (Å²) in [7, 11) is 0. The Hall–Kier alpha value is -3.10. The van der Waals surface area contributed by atoms with Gasteiger partial charge in [-0.1, -0.05) is 0 Å². The van der Waals surface area contributed by atoms with Crippen LogP contribution in [0.3, 0.4) is 0 Å². The van der Waals surface area contributed by atoms with Crippen molar-refractivity contribution >= 4 is 16.9 Å². The molecule has 28 heavy (non-hydrogen) atoms. The first-order chi connectivity index (χ1) is 13.5. The Bertz CT molecular complexity index is 1020. The number of rotatable bonds is 5. The largest absolute Gasteiger partial charge is 0.493 e. The number of aliphatic hydroxyl groups excluding tert-OH is 1. The quantitative estimate of drug-likeness (QED) is 0.616. The molecule has 1 aromatic carbocycles. The average Bonchev–Trinajstić information content (AvgIpc) is 3.22. The zero-order valence-electron chi connectivity index (χ0n) is 15.2. The Kier molecular flexibility index (Phi) is 4.89. The molecule has 0 bridgehead atoms. The van der Waals surface area contributed by atoms with E-state index in [1.165, 1.54) is 6.20 Å². The fraction of sp³-hybridized carbons (Fsp3) is 0.300. The lowest BCUT2D eigenvalue weighted by Crippen LogP contribution is -2.42. The summed E-state index contributed by atoms with van der Waals surface area (Å²) in [6.45, 7) is 2.32. The number of aromatic hydroxyl groups is 1. The van der Waals surface area contributed by atoms with Gasteiger partial charge in [0, 0.05) is 11.6 Å². The van der Waals surface area contributed by atoms with E-state index in [2.05, 4.69) is 10.3 Å². The van der Waals surface area contributed by atoms with Crippen molar-refractivity contribution in [3.63, 3.8) is 0 Å². The number of amides is 1. The van der Waals surface area contributed by atoms with Gasteiger partial charge in [0.15, 0.2) is 0 Å². The molecule has 0 radical (unpaired) electrons. The number of carbonyl (C=O) groups is 1. The van der Waals surface area contributed by atoms with E-state index in [0.29, 0.717) is 33.6 Å². The van der Waals surface area contributed by atoms with Gasteiger partial charge >= 0.3 is 0 Å².